The standard InChI is InChI=1S/C27H40N10O/c1-19-30-24(28)23-25(31-19)37(18-29-23)27(2)16-36(17-27)26(38)22-14-21(33(3)32-22)15-34-10-12-35(13-11-34)20-8-6-4-5-7-9-20/h14,18,20H,4-13,15-17H2,1-3H3,(H2,28,30,31). The summed E-state index contributed by atoms with van der Waals surface area (Å²) in [5.74, 6) is 0.964. The van der Waals surface area contributed by atoms with Crippen molar-refractivity contribution in [3.63, 3.8) is 0 Å². The lowest BCUT2D eigenvalue weighted by molar-refractivity contribution is 0.0215. The number of nitrogens with zero attached hydrogens (tertiary/aromatic N) is 9. The molecule has 0 aromatic carbocycles. The molecule has 3 aromatic heterocycles. The van der Waals surface area contributed by atoms with Gasteiger partial charge in [0.1, 0.15) is 11.3 Å². The van der Waals surface area contributed by atoms with E-state index in [0.29, 0.717) is 41.6 Å². The number of amides is 1. The quantitative estimate of drug-likeness (QED) is 0.509. The van der Waals surface area contributed by atoms with Crippen LogP contribution in [0.2, 0.25) is 0 Å². The first-order valence-corrected chi connectivity index (χ1v) is 14.1. The molecular formula is C27H40N10O. The molecule has 11 heteroatoms. The maximum Gasteiger partial charge on any atom is 0.274 e. The molecule has 3 aliphatic rings. The maximum atomic E-state index is 13.3. The first-order chi connectivity index (χ1) is 18.3. The fourth-order valence-corrected chi connectivity index (χ4v) is 6.56. The number of fused-ring (bicyclic) bond motifs is 1. The lowest BCUT2D eigenvalue weighted by Crippen LogP contribution is -2.62. The monoisotopic (exact) mass is 520 g/mol. The van der Waals surface area contributed by atoms with Gasteiger partial charge in [-0.2, -0.15) is 5.10 Å². The Morgan fingerprint density at radius 3 is 2.50 bits per heavy atom. The summed E-state index contributed by atoms with van der Waals surface area (Å²) in [5.41, 5.74) is 8.66. The number of piperazine rings is 1. The van der Waals surface area contributed by atoms with Crippen molar-refractivity contribution in [3.05, 3.63) is 29.6 Å². The molecule has 204 valence electrons. The lowest BCUT2D eigenvalue weighted by Gasteiger charge is -2.48. The first kappa shape index (κ1) is 25.2. The van der Waals surface area contributed by atoms with Crippen molar-refractivity contribution in [3.8, 4) is 0 Å². The van der Waals surface area contributed by atoms with E-state index < -0.39 is 0 Å². The second-order valence-corrected chi connectivity index (χ2v) is 11.7. The molecular weight excluding hydrogens is 480 g/mol. The van der Waals surface area contributed by atoms with E-state index >= 15 is 0 Å². The van der Waals surface area contributed by atoms with Crippen LogP contribution in [0, 0.1) is 6.92 Å². The van der Waals surface area contributed by atoms with E-state index in [-0.39, 0.29) is 11.4 Å². The largest absolute Gasteiger partial charge is 0.382 e. The van der Waals surface area contributed by atoms with Crippen molar-refractivity contribution in [1.82, 2.24) is 44.0 Å². The zero-order chi connectivity index (χ0) is 26.4. The number of hydrogen-bond donors (Lipinski definition) is 1. The van der Waals surface area contributed by atoms with E-state index in [4.69, 9.17) is 5.73 Å². The molecule has 0 bridgehead atoms. The fourth-order valence-electron chi connectivity index (χ4n) is 6.56. The Labute approximate surface area is 224 Å². The van der Waals surface area contributed by atoms with E-state index in [1.54, 1.807) is 6.33 Å². The number of rotatable bonds is 5. The van der Waals surface area contributed by atoms with Crippen LogP contribution in [0.5, 0.6) is 0 Å². The predicted molar refractivity (Wildman–Crippen MR) is 146 cm³/mol. The van der Waals surface area contributed by atoms with E-state index in [2.05, 4.69) is 36.8 Å². The van der Waals surface area contributed by atoms with Gasteiger partial charge in [0.2, 0.25) is 0 Å². The lowest BCUT2D eigenvalue weighted by atomic mass is 9.91. The van der Waals surface area contributed by atoms with Gasteiger partial charge in [-0.3, -0.25) is 19.3 Å². The average Bonchev–Trinajstić information content (AvgIpc) is 3.35. The number of carbonyl (C=O) groups is 1. The molecule has 3 fully saturated rings. The van der Waals surface area contributed by atoms with Gasteiger partial charge in [-0.25, -0.2) is 15.0 Å². The summed E-state index contributed by atoms with van der Waals surface area (Å²) in [6.45, 7) is 10.3. The van der Waals surface area contributed by atoms with Crippen LogP contribution < -0.4 is 5.73 Å². The van der Waals surface area contributed by atoms with Crippen LogP contribution in [0.3, 0.4) is 0 Å². The Kier molecular flexibility index (Phi) is 6.59. The molecule has 2 aliphatic heterocycles. The predicted octanol–water partition coefficient (Wildman–Crippen LogP) is 2.16. The van der Waals surface area contributed by atoms with Gasteiger partial charge in [-0.05, 0) is 32.8 Å². The summed E-state index contributed by atoms with van der Waals surface area (Å²) in [5, 5.41) is 4.59. The van der Waals surface area contributed by atoms with Gasteiger partial charge in [0.05, 0.1) is 17.6 Å². The Balaban J connectivity index is 1.06. The highest BCUT2D eigenvalue weighted by Crippen LogP contribution is 2.33. The van der Waals surface area contributed by atoms with Crippen LogP contribution in [0.15, 0.2) is 12.4 Å². The number of hydrogen-bond acceptors (Lipinski definition) is 8. The molecule has 11 nitrogen and oxygen atoms in total. The van der Waals surface area contributed by atoms with E-state index in [0.717, 1.165) is 44.5 Å². The van der Waals surface area contributed by atoms with E-state index in [1.807, 2.05) is 34.2 Å². The normalized spacial score (nSPS) is 21.5. The number of aryl methyl sites for hydroxylation is 2. The molecule has 38 heavy (non-hydrogen) atoms. The molecule has 2 N–H and O–H groups in total. The van der Waals surface area contributed by atoms with Crippen LogP contribution >= 0.6 is 0 Å². The molecule has 6 rings (SSSR count). The minimum absolute atomic E-state index is 0.0303. The number of likely N-dealkylation sites (tertiary alicyclic amines) is 1. The Morgan fingerprint density at radius 1 is 1.08 bits per heavy atom. The smallest absolute Gasteiger partial charge is 0.274 e. The number of carbonyl (C=O) groups excluding carboxylic acids is 1. The van der Waals surface area contributed by atoms with Gasteiger partial charge < -0.3 is 15.2 Å². The van der Waals surface area contributed by atoms with Crippen molar-refractivity contribution in [1.29, 1.82) is 0 Å². The third-order valence-electron chi connectivity index (χ3n) is 8.80. The SMILES string of the molecule is Cc1nc(N)c2ncn(C3(C)CN(C(=O)c4cc(CN5CCN(C6CCCCCC6)CC5)n(C)n4)C3)c2n1. The molecule has 0 atom stereocenters. The van der Waals surface area contributed by atoms with E-state index in [1.165, 1.54) is 38.5 Å². The first-order valence-electron chi connectivity index (χ1n) is 14.1. The number of nitrogens with two attached hydrogens (primary N) is 1. The van der Waals surface area contributed by atoms with Crippen molar-refractivity contribution in [2.45, 2.75) is 70.5 Å². The van der Waals surface area contributed by atoms with Gasteiger partial charge in [-0.1, -0.05) is 25.7 Å². The second kappa shape index (κ2) is 9.92. The third-order valence-corrected chi connectivity index (χ3v) is 8.80. The molecule has 1 aliphatic carbocycles. The molecule has 1 saturated carbocycles. The minimum atomic E-state index is -0.299. The van der Waals surface area contributed by atoms with Crippen LogP contribution in [0.4, 0.5) is 5.82 Å². The number of aromatic nitrogens is 6. The van der Waals surface area contributed by atoms with Crippen molar-refractivity contribution < 1.29 is 4.79 Å². The molecule has 3 aromatic rings. The van der Waals surface area contributed by atoms with Crippen molar-refractivity contribution in [2.24, 2.45) is 7.05 Å². The summed E-state index contributed by atoms with van der Waals surface area (Å²) in [6.07, 6.45) is 10.1. The number of nitrogen functional groups attached to an aromatic ring is 1. The minimum Gasteiger partial charge on any atom is -0.382 e. The zero-order valence-corrected chi connectivity index (χ0v) is 22.9. The Morgan fingerprint density at radius 2 is 1.79 bits per heavy atom. The Hall–Kier alpha value is -3.05. The molecule has 1 amide bonds. The highest BCUT2D eigenvalue weighted by molar-refractivity contribution is 5.93. The summed E-state index contributed by atoms with van der Waals surface area (Å²) >= 11 is 0. The van der Waals surface area contributed by atoms with Gasteiger partial charge in [0.25, 0.3) is 5.91 Å². The van der Waals surface area contributed by atoms with Crippen LogP contribution in [0.1, 0.15) is 67.5 Å². The highest BCUT2D eigenvalue weighted by atomic mass is 16.2. The summed E-state index contributed by atoms with van der Waals surface area (Å²) in [7, 11) is 1.94. The molecule has 0 radical (unpaired) electrons. The molecule has 0 spiro atoms. The van der Waals surface area contributed by atoms with Gasteiger partial charge in [-0.15, -0.1) is 0 Å². The van der Waals surface area contributed by atoms with Gasteiger partial charge in [0, 0.05) is 58.9 Å². The van der Waals surface area contributed by atoms with Gasteiger partial charge in [0.15, 0.2) is 17.2 Å². The molecule has 5 heterocycles. The molecule has 2 saturated heterocycles. The van der Waals surface area contributed by atoms with Crippen LogP contribution in [0.25, 0.3) is 11.2 Å². The summed E-state index contributed by atoms with van der Waals surface area (Å²) in [6, 6.07) is 2.75. The number of anilines is 1. The topological polar surface area (TPSA) is 114 Å². The highest BCUT2D eigenvalue weighted by Gasteiger charge is 2.44. The molecule has 0 unspecified atom stereocenters. The average molecular weight is 521 g/mol. The van der Waals surface area contributed by atoms with E-state index in [9.17, 15) is 4.79 Å². The zero-order valence-electron chi connectivity index (χ0n) is 22.9. The fraction of sp³-hybridized carbons (Fsp3) is 0.667. The summed E-state index contributed by atoms with van der Waals surface area (Å²) in [4.78, 5) is 33.6. The second-order valence-electron chi connectivity index (χ2n) is 11.7. The third kappa shape index (κ3) is 4.66. The Bertz CT molecular complexity index is 1310. The maximum absolute atomic E-state index is 13.3. The number of imidazole rings is 1. The summed E-state index contributed by atoms with van der Waals surface area (Å²) < 4.78 is 3.89. The van der Waals surface area contributed by atoms with Crippen molar-refractivity contribution in [2.75, 3.05) is 45.0 Å². The van der Waals surface area contributed by atoms with Crippen LogP contribution in [-0.2, 0) is 19.1 Å². The van der Waals surface area contributed by atoms with Gasteiger partial charge >= 0.3 is 0 Å². The van der Waals surface area contributed by atoms with Crippen molar-refractivity contribution >= 4 is 22.9 Å². The van der Waals surface area contributed by atoms with Crippen LogP contribution in [-0.4, -0.2) is 95.2 Å².